The maximum absolute atomic E-state index is 8.52. The molecule has 0 unspecified atom stereocenters. The van der Waals surface area contributed by atoms with Crippen molar-refractivity contribution in [3.8, 4) is 0 Å². The van der Waals surface area contributed by atoms with E-state index < -0.39 is 5.60 Å². The zero-order chi connectivity index (χ0) is 8.62. The summed E-state index contributed by atoms with van der Waals surface area (Å²) in [5.41, 5.74) is -0.500. The van der Waals surface area contributed by atoms with Crippen LogP contribution in [0.2, 0.25) is 0 Å². The third-order valence-corrected chi connectivity index (χ3v) is 0.512. The molecule has 11 heavy (non-hydrogen) atoms. The van der Waals surface area contributed by atoms with Crippen LogP contribution in [-0.4, -0.2) is 73.8 Å². The standard InChI is InChI=1S/2C4H10O.K.H/c1-4(2,3)5;1-2-3-4-5;;/h5H,1-3H3;5H,2-4H2,1H3;;. The van der Waals surface area contributed by atoms with Gasteiger partial charge in [-0.05, 0) is 27.2 Å². The van der Waals surface area contributed by atoms with Gasteiger partial charge in [-0.2, -0.15) is 0 Å². The molecule has 0 aliphatic heterocycles. The molecular formula is C8H21KO2. The molecule has 0 saturated heterocycles. The number of aliphatic hydroxyl groups is 2. The first kappa shape index (κ1) is 18.4. The van der Waals surface area contributed by atoms with E-state index in [0.29, 0.717) is 6.61 Å². The fraction of sp³-hybridized carbons (Fsp3) is 1.00. The first-order valence-electron chi connectivity index (χ1n) is 3.75. The van der Waals surface area contributed by atoms with Crippen LogP contribution in [0.1, 0.15) is 40.5 Å². The third-order valence-electron chi connectivity index (χ3n) is 0.512. The summed E-state index contributed by atoms with van der Waals surface area (Å²) in [6, 6.07) is 0. The number of rotatable bonds is 2. The van der Waals surface area contributed by atoms with Crippen LogP contribution in [0, 0.1) is 0 Å². The van der Waals surface area contributed by atoms with Gasteiger partial charge in [0, 0.05) is 6.61 Å². The third kappa shape index (κ3) is 83.4. The van der Waals surface area contributed by atoms with Gasteiger partial charge in [-0.25, -0.2) is 0 Å². The molecule has 0 radical (unpaired) electrons. The predicted molar refractivity (Wildman–Crippen MR) is 51.1 cm³/mol. The second kappa shape index (κ2) is 11.6. The van der Waals surface area contributed by atoms with Gasteiger partial charge in [-0.3, -0.25) is 0 Å². The van der Waals surface area contributed by atoms with Crippen molar-refractivity contribution in [3.05, 3.63) is 0 Å². The van der Waals surface area contributed by atoms with E-state index >= 15 is 0 Å². The van der Waals surface area contributed by atoms with Gasteiger partial charge in [-0.1, -0.05) is 13.3 Å². The van der Waals surface area contributed by atoms with Crippen molar-refractivity contribution in [2.45, 2.75) is 46.1 Å². The Labute approximate surface area is 113 Å². The second-order valence-corrected chi connectivity index (χ2v) is 3.25. The minimum atomic E-state index is -0.500. The first-order chi connectivity index (χ1) is 4.41. The fourth-order valence-corrected chi connectivity index (χ4v) is 0.158. The molecule has 2 N–H and O–H groups in total. The van der Waals surface area contributed by atoms with Crippen LogP contribution in [0.5, 0.6) is 0 Å². The number of hydrogen-bond donors (Lipinski definition) is 2. The first-order valence-corrected chi connectivity index (χ1v) is 3.75. The van der Waals surface area contributed by atoms with Gasteiger partial charge in [0.1, 0.15) is 0 Å². The quantitative estimate of drug-likeness (QED) is 0.632. The molecular weight excluding hydrogens is 167 g/mol. The average Bonchev–Trinajstić information content (AvgIpc) is 1.63. The Hall–Kier alpha value is 1.56. The topological polar surface area (TPSA) is 40.5 Å². The van der Waals surface area contributed by atoms with Crippen molar-refractivity contribution in [2.24, 2.45) is 0 Å². The maximum atomic E-state index is 8.52. The molecule has 0 aromatic rings. The van der Waals surface area contributed by atoms with Crippen molar-refractivity contribution in [2.75, 3.05) is 6.61 Å². The SMILES string of the molecule is CC(C)(C)O.CCCCO.[KH]. The molecule has 0 aliphatic rings. The molecule has 0 aliphatic carbocycles. The summed E-state index contributed by atoms with van der Waals surface area (Å²) < 4.78 is 0. The Morgan fingerprint density at radius 3 is 1.45 bits per heavy atom. The van der Waals surface area contributed by atoms with Crippen molar-refractivity contribution in [3.63, 3.8) is 0 Å². The predicted octanol–water partition coefficient (Wildman–Crippen LogP) is 0.907. The minimum absolute atomic E-state index is 0. The van der Waals surface area contributed by atoms with Crippen LogP contribution in [0.15, 0.2) is 0 Å². The Morgan fingerprint density at radius 1 is 1.18 bits per heavy atom. The van der Waals surface area contributed by atoms with Crippen molar-refractivity contribution in [1.82, 2.24) is 0 Å². The van der Waals surface area contributed by atoms with E-state index in [2.05, 4.69) is 6.92 Å². The van der Waals surface area contributed by atoms with Crippen LogP contribution >= 0.6 is 0 Å². The van der Waals surface area contributed by atoms with Crippen LogP contribution in [-0.2, 0) is 0 Å². The van der Waals surface area contributed by atoms with Gasteiger partial charge in [0.15, 0.2) is 0 Å². The van der Waals surface area contributed by atoms with Gasteiger partial charge in [0.05, 0.1) is 5.60 Å². The monoisotopic (exact) mass is 188 g/mol. The van der Waals surface area contributed by atoms with Crippen LogP contribution in [0.25, 0.3) is 0 Å². The van der Waals surface area contributed by atoms with E-state index in [-0.39, 0.29) is 51.4 Å². The summed E-state index contributed by atoms with van der Waals surface area (Å²) in [7, 11) is 0. The second-order valence-electron chi connectivity index (χ2n) is 3.25. The van der Waals surface area contributed by atoms with Crippen molar-refractivity contribution in [1.29, 1.82) is 0 Å². The fourth-order valence-electron chi connectivity index (χ4n) is 0.158. The normalized spacial score (nSPS) is 9.27. The van der Waals surface area contributed by atoms with Crippen molar-refractivity contribution >= 4 is 51.4 Å². The van der Waals surface area contributed by atoms with Gasteiger partial charge in [0.2, 0.25) is 0 Å². The van der Waals surface area contributed by atoms with E-state index in [4.69, 9.17) is 10.2 Å². The summed E-state index contributed by atoms with van der Waals surface area (Å²) in [6.45, 7) is 7.62. The van der Waals surface area contributed by atoms with Crippen molar-refractivity contribution < 1.29 is 10.2 Å². The molecule has 0 aromatic carbocycles. The van der Waals surface area contributed by atoms with Gasteiger partial charge in [0.25, 0.3) is 0 Å². The van der Waals surface area contributed by atoms with Gasteiger partial charge in [-0.15, -0.1) is 0 Å². The molecule has 0 amide bonds. The zero-order valence-corrected chi connectivity index (χ0v) is 7.52. The van der Waals surface area contributed by atoms with E-state index in [1.54, 1.807) is 20.8 Å². The molecule has 0 bridgehead atoms. The molecule has 2 nitrogen and oxygen atoms in total. The molecule has 0 spiro atoms. The molecule has 0 rings (SSSR count). The number of aliphatic hydroxyl groups excluding tert-OH is 1. The molecule has 0 fully saturated rings. The van der Waals surface area contributed by atoms with Gasteiger partial charge < -0.3 is 10.2 Å². The van der Waals surface area contributed by atoms with E-state index in [1.807, 2.05) is 0 Å². The van der Waals surface area contributed by atoms with E-state index in [1.165, 1.54) is 0 Å². The molecule has 0 aromatic heterocycles. The summed E-state index contributed by atoms with van der Waals surface area (Å²) in [4.78, 5) is 0. The summed E-state index contributed by atoms with van der Waals surface area (Å²) in [6.07, 6.45) is 2.04. The Bertz CT molecular complexity index is 51.6. The number of unbranched alkanes of at least 4 members (excludes halogenated alkanes) is 1. The Kier molecular flexibility index (Phi) is 19.3. The molecule has 3 heteroatoms. The van der Waals surface area contributed by atoms with Crippen LogP contribution < -0.4 is 0 Å². The molecule has 66 valence electrons. The van der Waals surface area contributed by atoms with E-state index in [0.717, 1.165) is 12.8 Å². The van der Waals surface area contributed by atoms with E-state index in [9.17, 15) is 0 Å². The number of hydrogen-bond acceptors (Lipinski definition) is 2. The van der Waals surface area contributed by atoms with Gasteiger partial charge >= 0.3 is 51.4 Å². The summed E-state index contributed by atoms with van der Waals surface area (Å²) >= 11 is 0. The summed E-state index contributed by atoms with van der Waals surface area (Å²) in [5, 5.41) is 16.6. The zero-order valence-electron chi connectivity index (χ0n) is 7.52. The van der Waals surface area contributed by atoms with Crippen LogP contribution in [0.4, 0.5) is 0 Å². The average molecular weight is 188 g/mol. The summed E-state index contributed by atoms with van der Waals surface area (Å²) in [5.74, 6) is 0. The molecule has 0 heterocycles. The molecule has 0 atom stereocenters. The molecule has 0 saturated carbocycles. The Balaban J connectivity index is -0.000000107. The Morgan fingerprint density at radius 2 is 1.45 bits per heavy atom. The van der Waals surface area contributed by atoms with Crippen LogP contribution in [0.3, 0.4) is 0 Å².